The maximum absolute atomic E-state index is 5.64. The Morgan fingerprint density at radius 1 is 1.00 bits per heavy atom. The van der Waals surface area contributed by atoms with E-state index in [9.17, 15) is 0 Å². The molecule has 3 nitrogen and oxygen atoms in total. The highest BCUT2D eigenvalue weighted by Gasteiger charge is 2.23. The van der Waals surface area contributed by atoms with Gasteiger partial charge in [-0.05, 0) is 48.6 Å². The average Bonchev–Trinajstić information content (AvgIpc) is 3.14. The molecular weight excluding hydrogens is 198 g/mol. The molecule has 1 fully saturated rings. The minimum atomic E-state index is 0.709. The van der Waals surface area contributed by atoms with Crippen LogP contribution in [0.1, 0.15) is 24.3 Å². The predicted octanol–water partition coefficient (Wildman–Crippen LogP) is 2.60. The number of nitrogens with two attached hydrogens (primary N) is 1. The molecule has 0 amide bonds. The van der Waals surface area contributed by atoms with Gasteiger partial charge in [0.2, 0.25) is 0 Å². The van der Waals surface area contributed by atoms with E-state index >= 15 is 0 Å². The van der Waals surface area contributed by atoms with Crippen LogP contribution >= 0.6 is 0 Å². The lowest BCUT2D eigenvalue weighted by molar-refractivity contribution is 1.04. The molecule has 0 unspecified atom stereocenters. The Labute approximate surface area is 94.4 Å². The van der Waals surface area contributed by atoms with Crippen LogP contribution in [0.25, 0.3) is 11.4 Å². The van der Waals surface area contributed by atoms with Gasteiger partial charge in [-0.25, -0.2) is 9.97 Å². The zero-order valence-corrected chi connectivity index (χ0v) is 8.93. The van der Waals surface area contributed by atoms with E-state index in [0.29, 0.717) is 5.92 Å². The molecule has 80 valence electrons. The van der Waals surface area contributed by atoms with Gasteiger partial charge in [-0.15, -0.1) is 0 Å². The Kier molecular flexibility index (Phi) is 2.10. The molecule has 1 heterocycles. The van der Waals surface area contributed by atoms with Gasteiger partial charge in [0.05, 0.1) is 0 Å². The van der Waals surface area contributed by atoms with Gasteiger partial charge >= 0.3 is 0 Å². The molecule has 2 N–H and O–H groups in total. The molecule has 1 aliphatic rings. The molecule has 1 aliphatic carbocycles. The summed E-state index contributed by atoms with van der Waals surface area (Å²) >= 11 is 0. The largest absolute Gasteiger partial charge is 0.399 e. The fourth-order valence-corrected chi connectivity index (χ4v) is 1.75. The van der Waals surface area contributed by atoms with E-state index in [2.05, 4.69) is 9.97 Å². The van der Waals surface area contributed by atoms with Crippen molar-refractivity contribution in [2.24, 2.45) is 0 Å². The summed E-state index contributed by atoms with van der Waals surface area (Å²) in [6.45, 7) is 0. The summed E-state index contributed by atoms with van der Waals surface area (Å²) in [5, 5.41) is 0. The molecule has 1 aromatic heterocycles. The lowest BCUT2D eigenvalue weighted by Crippen LogP contribution is -1.91. The number of nitrogen functional groups attached to an aromatic ring is 1. The third-order valence-corrected chi connectivity index (χ3v) is 2.89. The number of nitrogens with zero attached hydrogens (tertiary/aromatic N) is 2. The van der Waals surface area contributed by atoms with E-state index in [1.807, 2.05) is 36.7 Å². The van der Waals surface area contributed by atoms with Crippen molar-refractivity contribution in [1.82, 2.24) is 9.97 Å². The van der Waals surface area contributed by atoms with Gasteiger partial charge in [0.1, 0.15) is 0 Å². The SMILES string of the molecule is Nc1ccc(-c2ncc(C3CC3)cn2)cc1. The van der Waals surface area contributed by atoms with Crippen LogP contribution in [0.15, 0.2) is 36.7 Å². The van der Waals surface area contributed by atoms with Crippen LogP contribution in [-0.2, 0) is 0 Å². The quantitative estimate of drug-likeness (QED) is 0.777. The average molecular weight is 211 g/mol. The lowest BCUT2D eigenvalue weighted by atomic mass is 10.2. The van der Waals surface area contributed by atoms with Crippen molar-refractivity contribution in [3.63, 3.8) is 0 Å². The minimum Gasteiger partial charge on any atom is -0.399 e. The Balaban J connectivity index is 1.91. The molecule has 0 bridgehead atoms. The molecule has 2 aromatic rings. The summed E-state index contributed by atoms with van der Waals surface area (Å²) in [4.78, 5) is 8.78. The van der Waals surface area contributed by atoms with Gasteiger partial charge in [-0.3, -0.25) is 0 Å². The fourth-order valence-electron chi connectivity index (χ4n) is 1.75. The Bertz CT molecular complexity index is 484. The topological polar surface area (TPSA) is 51.8 Å². The number of anilines is 1. The maximum Gasteiger partial charge on any atom is 0.159 e. The zero-order valence-electron chi connectivity index (χ0n) is 8.93. The normalized spacial score (nSPS) is 15.0. The van der Waals surface area contributed by atoms with Gasteiger partial charge in [0.25, 0.3) is 0 Å². The second kappa shape index (κ2) is 3.59. The van der Waals surface area contributed by atoms with Crippen LogP contribution in [0.4, 0.5) is 5.69 Å². The van der Waals surface area contributed by atoms with Crippen LogP contribution in [0.3, 0.4) is 0 Å². The number of benzene rings is 1. The molecule has 1 aromatic carbocycles. The summed E-state index contributed by atoms with van der Waals surface area (Å²) in [7, 11) is 0. The first-order chi connectivity index (χ1) is 7.83. The van der Waals surface area contributed by atoms with E-state index in [-0.39, 0.29) is 0 Å². The Morgan fingerprint density at radius 2 is 1.62 bits per heavy atom. The van der Waals surface area contributed by atoms with E-state index in [1.165, 1.54) is 18.4 Å². The van der Waals surface area contributed by atoms with Crippen molar-refractivity contribution in [3.8, 4) is 11.4 Å². The van der Waals surface area contributed by atoms with Gasteiger partial charge in [-0.1, -0.05) is 0 Å². The van der Waals surface area contributed by atoms with Crippen LogP contribution < -0.4 is 5.73 Å². The Hall–Kier alpha value is -1.90. The molecular formula is C13H13N3. The van der Waals surface area contributed by atoms with Crippen molar-refractivity contribution in [3.05, 3.63) is 42.2 Å². The first kappa shape index (κ1) is 9.33. The third-order valence-electron chi connectivity index (χ3n) is 2.89. The van der Waals surface area contributed by atoms with E-state index < -0.39 is 0 Å². The number of aromatic nitrogens is 2. The number of hydrogen-bond donors (Lipinski definition) is 1. The van der Waals surface area contributed by atoms with Gasteiger partial charge in [0, 0.05) is 23.6 Å². The van der Waals surface area contributed by atoms with Crippen molar-refractivity contribution in [2.75, 3.05) is 5.73 Å². The number of rotatable bonds is 2. The molecule has 0 radical (unpaired) electrons. The van der Waals surface area contributed by atoms with Crippen LogP contribution in [0.2, 0.25) is 0 Å². The number of hydrogen-bond acceptors (Lipinski definition) is 3. The van der Waals surface area contributed by atoms with E-state index in [1.54, 1.807) is 0 Å². The molecule has 16 heavy (non-hydrogen) atoms. The van der Waals surface area contributed by atoms with Crippen LogP contribution in [0, 0.1) is 0 Å². The first-order valence-corrected chi connectivity index (χ1v) is 5.51. The molecule has 0 atom stereocenters. The predicted molar refractivity (Wildman–Crippen MR) is 63.9 cm³/mol. The third kappa shape index (κ3) is 1.76. The van der Waals surface area contributed by atoms with Gasteiger partial charge in [0.15, 0.2) is 5.82 Å². The highest BCUT2D eigenvalue weighted by atomic mass is 14.9. The first-order valence-electron chi connectivity index (χ1n) is 5.51. The van der Waals surface area contributed by atoms with Crippen molar-refractivity contribution < 1.29 is 0 Å². The lowest BCUT2D eigenvalue weighted by Gasteiger charge is -2.01. The van der Waals surface area contributed by atoms with Crippen molar-refractivity contribution in [1.29, 1.82) is 0 Å². The molecule has 3 heteroatoms. The second-order valence-electron chi connectivity index (χ2n) is 4.24. The monoisotopic (exact) mass is 211 g/mol. The summed E-state index contributed by atoms with van der Waals surface area (Å²) in [5.41, 5.74) is 8.67. The van der Waals surface area contributed by atoms with Gasteiger partial charge < -0.3 is 5.73 Å². The van der Waals surface area contributed by atoms with Crippen molar-refractivity contribution >= 4 is 5.69 Å². The van der Waals surface area contributed by atoms with E-state index in [4.69, 9.17) is 5.73 Å². The second-order valence-corrected chi connectivity index (χ2v) is 4.24. The summed E-state index contributed by atoms with van der Waals surface area (Å²) < 4.78 is 0. The van der Waals surface area contributed by atoms with Crippen molar-refractivity contribution in [2.45, 2.75) is 18.8 Å². The molecule has 1 saturated carbocycles. The van der Waals surface area contributed by atoms with Crippen LogP contribution in [0.5, 0.6) is 0 Å². The van der Waals surface area contributed by atoms with Gasteiger partial charge in [-0.2, -0.15) is 0 Å². The Morgan fingerprint density at radius 3 is 2.19 bits per heavy atom. The molecule has 3 rings (SSSR count). The molecule has 0 saturated heterocycles. The maximum atomic E-state index is 5.64. The summed E-state index contributed by atoms with van der Waals surface area (Å²) in [5.74, 6) is 1.48. The standard InChI is InChI=1S/C13H13N3/c14-12-5-3-10(4-6-12)13-15-7-11(8-16-13)9-1-2-9/h3-9H,1-2,14H2. The minimum absolute atomic E-state index is 0.709. The highest BCUT2D eigenvalue weighted by Crippen LogP contribution is 2.39. The highest BCUT2D eigenvalue weighted by molar-refractivity contribution is 5.58. The summed E-state index contributed by atoms with van der Waals surface area (Å²) in [6.07, 6.45) is 6.45. The summed E-state index contributed by atoms with van der Waals surface area (Å²) in [6, 6.07) is 7.63. The molecule has 0 spiro atoms. The molecule has 0 aliphatic heterocycles. The van der Waals surface area contributed by atoms with Crippen LogP contribution in [-0.4, -0.2) is 9.97 Å². The fraction of sp³-hybridized carbons (Fsp3) is 0.231. The van der Waals surface area contributed by atoms with E-state index in [0.717, 1.165) is 17.1 Å². The zero-order chi connectivity index (χ0) is 11.0. The smallest absolute Gasteiger partial charge is 0.159 e.